The molecule has 1 aliphatic heterocycles. The van der Waals surface area contributed by atoms with Crippen LogP contribution in [0, 0.1) is 0 Å². The number of piperazine rings is 1. The molecule has 1 aromatic heterocycles. The second-order valence-corrected chi connectivity index (χ2v) is 4.58. The minimum absolute atomic E-state index is 0.477. The van der Waals surface area contributed by atoms with Gasteiger partial charge in [0.15, 0.2) is 0 Å². The topological polar surface area (TPSA) is 41.1 Å². The molecule has 0 atom stereocenters. The van der Waals surface area contributed by atoms with Gasteiger partial charge in [-0.2, -0.15) is 0 Å². The molecule has 0 saturated carbocycles. The first-order valence-corrected chi connectivity index (χ1v) is 6.00. The lowest BCUT2D eigenvalue weighted by molar-refractivity contribution is 0.227. The van der Waals surface area contributed by atoms with Crippen LogP contribution in [0.2, 0.25) is 0 Å². The molecular weight excluding hydrogens is 200 g/mol. The lowest BCUT2D eigenvalue weighted by Gasteiger charge is -2.26. The van der Waals surface area contributed by atoms with E-state index >= 15 is 0 Å². The number of hydrogen-bond acceptors (Lipinski definition) is 4. The fourth-order valence-corrected chi connectivity index (χ4v) is 1.88. The van der Waals surface area contributed by atoms with Gasteiger partial charge in [0, 0.05) is 38.1 Å². The van der Waals surface area contributed by atoms with Crippen molar-refractivity contribution in [1.29, 1.82) is 0 Å². The lowest BCUT2D eigenvalue weighted by atomic mass is 10.1. The van der Waals surface area contributed by atoms with Crippen molar-refractivity contribution >= 4 is 0 Å². The summed E-state index contributed by atoms with van der Waals surface area (Å²) in [6, 6.07) is 2.01. The summed E-state index contributed by atoms with van der Waals surface area (Å²) >= 11 is 0. The molecule has 0 aromatic carbocycles. The molecule has 1 fully saturated rings. The summed E-state index contributed by atoms with van der Waals surface area (Å²) in [5, 5.41) is 3.35. The number of nitrogens with zero attached hydrogens (tertiary/aromatic N) is 3. The molecule has 0 radical (unpaired) electrons. The predicted octanol–water partition coefficient (Wildman–Crippen LogP) is 1.01. The van der Waals surface area contributed by atoms with Crippen molar-refractivity contribution < 1.29 is 0 Å². The number of rotatable bonds is 3. The van der Waals surface area contributed by atoms with Crippen LogP contribution < -0.4 is 5.32 Å². The maximum Gasteiger partial charge on any atom is 0.142 e. The highest BCUT2D eigenvalue weighted by Crippen LogP contribution is 2.11. The minimum Gasteiger partial charge on any atom is -0.314 e. The maximum atomic E-state index is 4.59. The molecular formula is C12H20N4. The SMILES string of the molecule is CC(C)c1ccnc(CN2CCNCC2)n1. The molecule has 2 rings (SSSR count). The average Bonchev–Trinajstić information content (AvgIpc) is 2.30. The fraction of sp³-hybridized carbons (Fsp3) is 0.667. The summed E-state index contributed by atoms with van der Waals surface area (Å²) < 4.78 is 0. The van der Waals surface area contributed by atoms with Gasteiger partial charge in [0.2, 0.25) is 0 Å². The first kappa shape index (κ1) is 11.5. The minimum atomic E-state index is 0.477. The van der Waals surface area contributed by atoms with E-state index in [0.717, 1.165) is 44.2 Å². The summed E-state index contributed by atoms with van der Waals surface area (Å²) in [5.74, 6) is 1.43. The zero-order valence-corrected chi connectivity index (χ0v) is 10.1. The number of aromatic nitrogens is 2. The monoisotopic (exact) mass is 220 g/mol. The Bertz CT molecular complexity index is 332. The molecule has 4 nitrogen and oxygen atoms in total. The van der Waals surface area contributed by atoms with Gasteiger partial charge >= 0.3 is 0 Å². The van der Waals surface area contributed by atoms with Crippen molar-refractivity contribution in [3.63, 3.8) is 0 Å². The lowest BCUT2D eigenvalue weighted by Crippen LogP contribution is -2.43. The Morgan fingerprint density at radius 1 is 1.38 bits per heavy atom. The first-order chi connectivity index (χ1) is 7.75. The average molecular weight is 220 g/mol. The molecule has 2 heterocycles. The van der Waals surface area contributed by atoms with Crippen LogP contribution in [0.15, 0.2) is 12.3 Å². The van der Waals surface area contributed by atoms with Crippen LogP contribution in [-0.4, -0.2) is 41.0 Å². The molecule has 1 N–H and O–H groups in total. The van der Waals surface area contributed by atoms with E-state index in [2.05, 4.69) is 34.0 Å². The van der Waals surface area contributed by atoms with Gasteiger partial charge in [-0.1, -0.05) is 13.8 Å². The largest absolute Gasteiger partial charge is 0.314 e. The van der Waals surface area contributed by atoms with Gasteiger partial charge in [-0.25, -0.2) is 9.97 Å². The zero-order chi connectivity index (χ0) is 11.4. The number of nitrogens with one attached hydrogen (secondary N) is 1. The van der Waals surface area contributed by atoms with Crippen LogP contribution in [0.1, 0.15) is 31.3 Å². The molecule has 1 saturated heterocycles. The van der Waals surface area contributed by atoms with Crippen molar-refractivity contribution in [2.24, 2.45) is 0 Å². The van der Waals surface area contributed by atoms with E-state index < -0.39 is 0 Å². The Balaban J connectivity index is 2.00. The molecule has 0 amide bonds. The molecule has 0 aliphatic carbocycles. The Morgan fingerprint density at radius 2 is 2.12 bits per heavy atom. The highest BCUT2D eigenvalue weighted by atomic mass is 15.2. The molecule has 16 heavy (non-hydrogen) atoms. The highest BCUT2D eigenvalue weighted by Gasteiger charge is 2.11. The van der Waals surface area contributed by atoms with Crippen LogP contribution in [0.4, 0.5) is 0 Å². The summed E-state index contributed by atoms with van der Waals surface area (Å²) in [4.78, 5) is 11.3. The molecule has 1 aromatic rings. The van der Waals surface area contributed by atoms with E-state index in [9.17, 15) is 0 Å². The van der Waals surface area contributed by atoms with Crippen LogP contribution >= 0.6 is 0 Å². The van der Waals surface area contributed by atoms with E-state index in [1.807, 2.05) is 12.3 Å². The van der Waals surface area contributed by atoms with Gasteiger partial charge < -0.3 is 5.32 Å². The fourth-order valence-electron chi connectivity index (χ4n) is 1.88. The molecule has 1 aliphatic rings. The van der Waals surface area contributed by atoms with Crippen molar-refractivity contribution in [2.45, 2.75) is 26.3 Å². The second-order valence-electron chi connectivity index (χ2n) is 4.58. The van der Waals surface area contributed by atoms with E-state index in [1.165, 1.54) is 0 Å². The molecule has 0 unspecified atom stereocenters. The second kappa shape index (κ2) is 5.37. The Morgan fingerprint density at radius 3 is 2.81 bits per heavy atom. The van der Waals surface area contributed by atoms with Crippen molar-refractivity contribution in [2.75, 3.05) is 26.2 Å². The van der Waals surface area contributed by atoms with Crippen molar-refractivity contribution in [3.05, 3.63) is 23.8 Å². The Hall–Kier alpha value is -1.00. The van der Waals surface area contributed by atoms with Crippen LogP contribution in [0.5, 0.6) is 0 Å². The van der Waals surface area contributed by atoms with Gasteiger partial charge in [0.1, 0.15) is 5.82 Å². The first-order valence-electron chi connectivity index (χ1n) is 6.00. The summed E-state index contributed by atoms with van der Waals surface area (Å²) in [7, 11) is 0. The highest BCUT2D eigenvalue weighted by molar-refractivity contribution is 5.06. The molecule has 0 spiro atoms. The van der Waals surface area contributed by atoms with E-state index in [-0.39, 0.29) is 0 Å². The van der Waals surface area contributed by atoms with Crippen LogP contribution in [-0.2, 0) is 6.54 Å². The summed E-state index contributed by atoms with van der Waals surface area (Å²) in [5.41, 5.74) is 1.14. The van der Waals surface area contributed by atoms with Crippen LogP contribution in [0.3, 0.4) is 0 Å². The van der Waals surface area contributed by atoms with Crippen molar-refractivity contribution in [3.8, 4) is 0 Å². The third-order valence-corrected chi connectivity index (χ3v) is 2.89. The van der Waals surface area contributed by atoms with Gasteiger partial charge in [-0.3, -0.25) is 4.90 Å². The number of hydrogen-bond donors (Lipinski definition) is 1. The van der Waals surface area contributed by atoms with Crippen LogP contribution in [0.25, 0.3) is 0 Å². The smallest absolute Gasteiger partial charge is 0.142 e. The van der Waals surface area contributed by atoms with Crippen molar-refractivity contribution in [1.82, 2.24) is 20.2 Å². The quantitative estimate of drug-likeness (QED) is 0.825. The van der Waals surface area contributed by atoms with Gasteiger partial charge in [-0.05, 0) is 12.0 Å². The van der Waals surface area contributed by atoms with E-state index in [4.69, 9.17) is 0 Å². The molecule has 0 bridgehead atoms. The Kier molecular flexibility index (Phi) is 3.85. The van der Waals surface area contributed by atoms with Gasteiger partial charge in [-0.15, -0.1) is 0 Å². The Labute approximate surface area is 97.1 Å². The summed E-state index contributed by atoms with van der Waals surface area (Å²) in [6.07, 6.45) is 1.87. The standard InChI is InChI=1S/C12H20N4/c1-10(2)11-3-4-14-12(15-11)9-16-7-5-13-6-8-16/h3-4,10,13H,5-9H2,1-2H3. The zero-order valence-electron chi connectivity index (χ0n) is 10.1. The third-order valence-electron chi connectivity index (χ3n) is 2.89. The van der Waals surface area contributed by atoms with Gasteiger partial charge in [0.05, 0.1) is 6.54 Å². The third kappa shape index (κ3) is 3.00. The van der Waals surface area contributed by atoms with Gasteiger partial charge in [0.25, 0.3) is 0 Å². The predicted molar refractivity (Wildman–Crippen MR) is 64.3 cm³/mol. The maximum absolute atomic E-state index is 4.59. The molecule has 88 valence electrons. The van der Waals surface area contributed by atoms with E-state index in [1.54, 1.807) is 0 Å². The molecule has 4 heteroatoms. The van der Waals surface area contributed by atoms with E-state index in [0.29, 0.717) is 5.92 Å². The normalized spacial score (nSPS) is 17.9. The summed E-state index contributed by atoms with van der Waals surface area (Å²) in [6.45, 7) is 9.54.